The van der Waals surface area contributed by atoms with Crippen LogP contribution in [-0.4, -0.2) is 26.7 Å². The lowest BCUT2D eigenvalue weighted by atomic mass is 9.99. The van der Waals surface area contributed by atoms with Gasteiger partial charge in [0.05, 0.1) is 0 Å². The molecule has 0 radical (unpaired) electrons. The third kappa shape index (κ3) is 3.54. The van der Waals surface area contributed by atoms with Gasteiger partial charge in [-0.1, -0.05) is 12.2 Å². The Labute approximate surface area is 69.1 Å². The van der Waals surface area contributed by atoms with Gasteiger partial charge in [-0.15, -0.1) is 0 Å². The van der Waals surface area contributed by atoms with Crippen LogP contribution in [0.2, 0.25) is 0 Å². The Balaban J connectivity index is 2.13. The normalized spacial score (nSPS) is 26.1. The topological polar surface area (TPSA) is 24.1 Å². The van der Waals surface area contributed by atoms with Crippen molar-refractivity contribution in [2.24, 2.45) is 5.92 Å². The van der Waals surface area contributed by atoms with E-state index in [0.717, 1.165) is 12.5 Å². The van der Waals surface area contributed by atoms with Gasteiger partial charge in [-0.2, -0.15) is 0 Å². The van der Waals surface area contributed by atoms with Crippen molar-refractivity contribution in [3.8, 4) is 0 Å². The molecule has 0 aromatic carbocycles. The molecule has 0 aliphatic carbocycles. The third-order valence-corrected chi connectivity index (χ3v) is 2.07. The highest BCUT2D eigenvalue weighted by Crippen LogP contribution is 2.10. The maximum atomic E-state index is 3.39. The van der Waals surface area contributed by atoms with Crippen molar-refractivity contribution in [2.75, 3.05) is 26.7 Å². The molecule has 1 saturated heterocycles. The Morgan fingerprint density at radius 1 is 1.64 bits per heavy atom. The molecule has 2 nitrogen and oxygen atoms in total. The summed E-state index contributed by atoms with van der Waals surface area (Å²) in [5.74, 6) is 0.775. The maximum absolute atomic E-state index is 3.39. The standard InChI is InChI=1S/C9H18N2/c1-10-6-2-4-9-5-3-7-11-8-9/h2,4,9-11H,3,5-8H2,1H3/b4-2+. The fourth-order valence-electron chi connectivity index (χ4n) is 1.42. The summed E-state index contributed by atoms with van der Waals surface area (Å²) in [7, 11) is 1.98. The van der Waals surface area contributed by atoms with Gasteiger partial charge >= 0.3 is 0 Å². The molecule has 1 rings (SSSR count). The quantitative estimate of drug-likeness (QED) is 0.586. The average Bonchev–Trinajstić information content (AvgIpc) is 2.07. The monoisotopic (exact) mass is 154 g/mol. The van der Waals surface area contributed by atoms with E-state index in [4.69, 9.17) is 0 Å². The van der Waals surface area contributed by atoms with Crippen LogP contribution in [0.3, 0.4) is 0 Å². The first-order valence-electron chi connectivity index (χ1n) is 4.45. The molecule has 1 aliphatic rings. The molecule has 1 fully saturated rings. The number of likely N-dealkylation sites (N-methyl/N-ethyl adjacent to an activating group) is 1. The second-order valence-corrected chi connectivity index (χ2v) is 3.09. The van der Waals surface area contributed by atoms with E-state index in [-0.39, 0.29) is 0 Å². The fourth-order valence-corrected chi connectivity index (χ4v) is 1.42. The van der Waals surface area contributed by atoms with Crippen LogP contribution in [0.15, 0.2) is 12.2 Å². The summed E-state index contributed by atoms with van der Waals surface area (Å²) >= 11 is 0. The summed E-state index contributed by atoms with van der Waals surface area (Å²) in [6.45, 7) is 3.37. The summed E-state index contributed by atoms with van der Waals surface area (Å²) in [6, 6.07) is 0. The molecule has 0 aromatic rings. The predicted octanol–water partition coefficient (Wildman–Crippen LogP) is 0.762. The molecule has 0 saturated carbocycles. The lowest BCUT2D eigenvalue weighted by molar-refractivity contribution is 0.438. The Morgan fingerprint density at radius 2 is 2.55 bits per heavy atom. The Morgan fingerprint density at radius 3 is 3.18 bits per heavy atom. The molecule has 2 N–H and O–H groups in total. The van der Waals surface area contributed by atoms with Gasteiger partial charge in [0.25, 0.3) is 0 Å². The van der Waals surface area contributed by atoms with Crippen molar-refractivity contribution < 1.29 is 0 Å². The van der Waals surface area contributed by atoms with Crippen molar-refractivity contribution in [1.82, 2.24) is 10.6 Å². The zero-order valence-corrected chi connectivity index (χ0v) is 7.27. The van der Waals surface area contributed by atoms with Crippen LogP contribution in [0.25, 0.3) is 0 Å². The number of nitrogens with one attached hydrogen (secondary N) is 2. The second-order valence-electron chi connectivity index (χ2n) is 3.09. The lowest BCUT2D eigenvalue weighted by Gasteiger charge is -2.19. The highest BCUT2D eigenvalue weighted by molar-refractivity contribution is 4.92. The largest absolute Gasteiger partial charge is 0.316 e. The molecule has 0 spiro atoms. The zero-order valence-electron chi connectivity index (χ0n) is 7.27. The molecule has 1 atom stereocenters. The molecule has 1 aliphatic heterocycles. The van der Waals surface area contributed by atoms with Gasteiger partial charge in [-0.05, 0) is 32.4 Å². The third-order valence-electron chi connectivity index (χ3n) is 2.07. The van der Waals surface area contributed by atoms with E-state index in [2.05, 4.69) is 22.8 Å². The van der Waals surface area contributed by atoms with Gasteiger partial charge in [0.15, 0.2) is 0 Å². The van der Waals surface area contributed by atoms with Crippen molar-refractivity contribution in [3.05, 3.63) is 12.2 Å². The van der Waals surface area contributed by atoms with E-state index in [1.807, 2.05) is 7.05 Å². The molecule has 1 heterocycles. The molecule has 11 heavy (non-hydrogen) atoms. The zero-order chi connectivity index (χ0) is 7.94. The Kier molecular flexibility index (Phi) is 4.24. The van der Waals surface area contributed by atoms with Crippen molar-refractivity contribution >= 4 is 0 Å². The summed E-state index contributed by atoms with van der Waals surface area (Å²) in [5, 5.41) is 6.49. The minimum atomic E-state index is 0.775. The van der Waals surface area contributed by atoms with Gasteiger partial charge < -0.3 is 10.6 Å². The summed E-state index contributed by atoms with van der Waals surface area (Å²) in [5.41, 5.74) is 0. The van der Waals surface area contributed by atoms with Gasteiger partial charge in [0.1, 0.15) is 0 Å². The van der Waals surface area contributed by atoms with Crippen molar-refractivity contribution in [2.45, 2.75) is 12.8 Å². The summed E-state index contributed by atoms with van der Waals surface area (Å²) in [6.07, 6.45) is 7.22. The molecule has 0 aromatic heterocycles. The maximum Gasteiger partial charge on any atom is 0.0131 e. The minimum absolute atomic E-state index is 0.775. The van der Waals surface area contributed by atoms with Crippen molar-refractivity contribution in [3.63, 3.8) is 0 Å². The first-order valence-corrected chi connectivity index (χ1v) is 4.45. The van der Waals surface area contributed by atoms with Crippen LogP contribution in [0, 0.1) is 5.92 Å². The highest BCUT2D eigenvalue weighted by atomic mass is 14.9. The van der Waals surface area contributed by atoms with Crippen LogP contribution in [0.4, 0.5) is 0 Å². The first-order chi connectivity index (χ1) is 5.43. The van der Waals surface area contributed by atoms with E-state index in [1.165, 1.54) is 25.9 Å². The van der Waals surface area contributed by atoms with Gasteiger partial charge in [-0.25, -0.2) is 0 Å². The predicted molar refractivity (Wildman–Crippen MR) is 48.7 cm³/mol. The molecule has 64 valence electrons. The van der Waals surface area contributed by atoms with Crippen LogP contribution in [-0.2, 0) is 0 Å². The average molecular weight is 154 g/mol. The molecule has 1 unspecified atom stereocenters. The Hall–Kier alpha value is -0.340. The lowest BCUT2D eigenvalue weighted by Crippen LogP contribution is -2.28. The van der Waals surface area contributed by atoms with E-state index in [1.54, 1.807) is 0 Å². The first kappa shape index (κ1) is 8.75. The number of hydrogen-bond donors (Lipinski definition) is 2. The van der Waals surface area contributed by atoms with Gasteiger partial charge in [0.2, 0.25) is 0 Å². The van der Waals surface area contributed by atoms with Gasteiger partial charge in [-0.3, -0.25) is 0 Å². The van der Waals surface area contributed by atoms with Gasteiger partial charge in [0, 0.05) is 13.1 Å². The molecule has 0 amide bonds. The van der Waals surface area contributed by atoms with Crippen LogP contribution >= 0.6 is 0 Å². The number of piperidine rings is 1. The Bertz CT molecular complexity index is 115. The van der Waals surface area contributed by atoms with E-state index < -0.39 is 0 Å². The minimum Gasteiger partial charge on any atom is -0.316 e. The highest BCUT2D eigenvalue weighted by Gasteiger charge is 2.07. The summed E-state index contributed by atoms with van der Waals surface area (Å²) < 4.78 is 0. The molecular formula is C9H18N2. The molecular weight excluding hydrogens is 136 g/mol. The molecule has 2 heteroatoms. The number of hydrogen-bond acceptors (Lipinski definition) is 2. The van der Waals surface area contributed by atoms with E-state index in [9.17, 15) is 0 Å². The van der Waals surface area contributed by atoms with Crippen LogP contribution < -0.4 is 10.6 Å². The fraction of sp³-hybridized carbons (Fsp3) is 0.778. The molecule has 0 bridgehead atoms. The summed E-state index contributed by atoms with van der Waals surface area (Å²) in [4.78, 5) is 0. The van der Waals surface area contributed by atoms with E-state index >= 15 is 0 Å². The SMILES string of the molecule is CNC/C=C/C1CCCNC1. The number of rotatable bonds is 3. The van der Waals surface area contributed by atoms with Crippen LogP contribution in [0.5, 0.6) is 0 Å². The second kappa shape index (κ2) is 5.33. The van der Waals surface area contributed by atoms with Crippen molar-refractivity contribution in [1.29, 1.82) is 0 Å². The smallest absolute Gasteiger partial charge is 0.0131 e. The van der Waals surface area contributed by atoms with E-state index in [0.29, 0.717) is 0 Å². The van der Waals surface area contributed by atoms with Crippen LogP contribution in [0.1, 0.15) is 12.8 Å².